The standard InChI is InChI=1S/C20H19BrClN3O/c1-13(2)10-18(26)12-25-20(15-4-3-5-17(22)11-15)23-19(24-25)14-6-8-16(21)9-7-14/h3-9,11,13H,10,12H2,1-2H3. The number of aromatic nitrogens is 3. The summed E-state index contributed by atoms with van der Waals surface area (Å²) in [5.74, 6) is 1.68. The van der Waals surface area contributed by atoms with Gasteiger partial charge in [-0.15, -0.1) is 5.10 Å². The second-order valence-corrected chi connectivity index (χ2v) is 7.92. The molecule has 0 aliphatic heterocycles. The lowest BCUT2D eigenvalue weighted by molar-refractivity contribution is -0.120. The van der Waals surface area contributed by atoms with Crippen molar-refractivity contribution >= 4 is 33.3 Å². The van der Waals surface area contributed by atoms with Crippen LogP contribution in [0.2, 0.25) is 5.02 Å². The van der Waals surface area contributed by atoms with Crippen molar-refractivity contribution in [3.63, 3.8) is 0 Å². The minimum atomic E-state index is 0.135. The average Bonchev–Trinajstić information content (AvgIpc) is 2.98. The molecule has 3 aromatic rings. The molecule has 26 heavy (non-hydrogen) atoms. The van der Waals surface area contributed by atoms with Gasteiger partial charge in [-0.05, 0) is 30.2 Å². The minimum absolute atomic E-state index is 0.135. The highest BCUT2D eigenvalue weighted by molar-refractivity contribution is 9.10. The fraction of sp³-hybridized carbons (Fsp3) is 0.250. The highest BCUT2D eigenvalue weighted by Crippen LogP contribution is 2.25. The number of nitrogens with zero attached hydrogens (tertiary/aromatic N) is 3. The normalized spacial score (nSPS) is 11.1. The predicted molar refractivity (Wildman–Crippen MR) is 108 cm³/mol. The lowest BCUT2D eigenvalue weighted by Crippen LogP contribution is -2.14. The van der Waals surface area contributed by atoms with Crippen molar-refractivity contribution in [3.8, 4) is 22.8 Å². The maximum absolute atomic E-state index is 12.3. The monoisotopic (exact) mass is 431 g/mol. The van der Waals surface area contributed by atoms with Crippen LogP contribution < -0.4 is 0 Å². The third kappa shape index (κ3) is 4.59. The maximum atomic E-state index is 12.3. The van der Waals surface area contributed by atoms with Crippen LogP contribution in [-0.2, 0) is 11.3 Å². The number of ketones is 1. The van der Waals surface area contributed by atoms with Crippen LogP contribution in [0.1, 0.15) is 20.3 Å². The predicted octanol–water partition coefficient (Wildman–Crippen LogP) is 5.64. The Morgan fingerprint density at radius 2 is 1.88 bits per heavy atom. The van der Waals surface area contributed by atoms with Gasteiger partial charge in [-0.25, -0.2) is 9.67 Å². The van der Waals surface area contributed by atoms with Crippen molar-refractivity contribution in [1.29, 1.82) is 0 Å². The molecule has 2 aromatic carbocycles. The molecule has 6 heteroatoms. The summed E-state index contributed by atoms with van der Waals surface area (Å²) >= 11 is 9.57. The summed E-state index contributed by atoms with van der Waals surface area (Å²) < 4.78 is 2.66. The summed E-state index contributed by atoms with van der Waals surface area (Å²) in [5.41, 5.74) is 1.73. The third-order valence-electron chi connectivity index (χ3n) is 3.82. The highest BCUT2D eigenvalue weighted by atomic mass is 79.9. The second-order valence-electron chi connectivity index (χ2n) is 6.57. The Morgan fingerprint density at radius 1 is 1.15 bits per heavy atom. The Balaban J connectivity index is 2.02. The van der Waals surface area contributed by atoms with E-state index in [-0.39, 0.29) is 12.3 Å². The van der Waals surface area contributed by atoms with Gasteiger partial charge in [0.2, 0.25) is 0 Å². The minimum Gasteiger partial charge on any atom is -0.298 e. The van der Waals surface area contributed by atoms with Crippen molar-refractivity contribution in [3.05, 3.63) is 58.0 Å². The van der Waals surface area contributed by atoms with Crippen LogP contribution in [0.15, 0.2) is 53.0 Å². The summed E-state index contributed by atoms with van der Waals surface area (Å²) in [6.45, 7) is 4.26. The van der Waals surface area contributed by atoms with E-state index in [2.05, 4.69) is 26.0 Å². The fourth-order valence-corrected chi connectivity index (χ4v) is 3.16. The first-order valence-corrected chi connectivity index (χ1v) is 9.58. The summed E-state index contributed by atoms with van der Waals surface area (Å²) in [5, 5.41) is 5.21. The number of rotatable bonds is 6. The lowest BCUT2D eigenvalue weighted by Gasteiger charge is -2.07. The molecule has 1 aromatic heterocycles. The van der Waals surface area contributed by atoms with E-state index in [1.165, 1.54) is 0 Å². The van der Waals surface area contributed by atoms with Gasteiger partial charge < -0.3 is 0 Å². The van der Waals surface area contributed by atoms with Gasteiger partial charge >= 0.3 is 0 Å². The van der Waals surface area contributed by atoms with Crippen LogP contribution in [0.4, 0.5) is 0 Å². The van der Waals surface area contributed by atoms with E-state index in [9.17, 15) is 4.79 Å². The molecule has 0 atom stereocenters. The maximum Gasteiger partial charge on any atom is 0.181 e. The zero-order valence-electron chi connectivity index (χ0n) is 14.6. The van der Waals surface area contributed by atoms with Crippen molar-refractivity contribution in [2.75, 3.05) is 0 Å². The zero-order valence-corrected chi connectivity index (χ0v) is 17.0. The lowest BCUT2D eigenvalue weighted by atomic mass is 10.1. The van der Waals surface area contributed by atoms with Crippen molar-refractivity contribution < 1.29 is 4.79 Å². The van der Waals surface area contributed by atoms with Gasteiger partial charge in [0.25, 0.3) is 0 Å². The van der Waals surface area contributed by atoms with Gasteiger partial charge in [-0.2, -0.15) is 0 Å². The summed E-state index contributed by atoms with van der Waals surface area (Å²) in [6.07, 6.45) is 0.516. The first-order chi connectivity index (χ1) is 12.4. The van der Waals surface area contributed by atoms with E-state index in [1.54, 1.807) is 4.68 Å². The number of carbonyl (C=O) groups is 1. The molecule has 0 radical (unpaired) electrons. The van der Waals surface area contributed by atoms with Crippen LogP contribution in [0.3, 0.4) is 0 Å². The number of hydrogen-bond donors (Lipinski definition) is 0. The molecule has 0 N–H and O–H groups in total. The molecule has 0 saturated carbocycles. The third-order valence-corrected chi connectivity index (χ3v) is 4.58. The van der Waals surface area contributed by atoms with Gasteiger partial charge in [0.15, 0.2) is 17.4 Å². The Morgan fingerprint density at radius 3 is 2.54 bits per heavy atom. The van der Waals surface area contributed by atoms with E-state index in [0.29, 0.717) is 29.0 Å². The number of benzene rings is 2. The molecule has 3 rings (SSSR count). The molecule has 0 aliphatic rings. The van der Waals surface area contributed by atoms with E-state index in [1.807, 2.05) is 62.4 Å². The Kier molecular flexibility index (Phi) is 5.89. The molecular weight excluding hydrogens is 414 g/mol. The summed E-state index contributed by atoms with van der Waals surface area (Å²) in [6, 6.07) is 15.2. The van der Waals surface area contributed by atoms with E-state index < -0.39 is 0 Å². The van der Waals surface area contributed by atoms with E-state index >= 15 is 0 Å². The number of hydrogen-bond acceptors (Lipinski definition) is 3. The quantitative estimate of drug-likeness (QED) is 0.506. The van der Waals surface area contributed by atoms with Crippen LogP contribution in [0.25, 0.3) is 22.8 Å². The molecule has 0 aliphatic carbocycles. The van der Waals surface area contributed by atoms with Crippen molar-refractivity contribution in [1.82, 2.24) is 14.8 Å². The SMILES string of the molecule is CC(C)CC(=O)Cn1nc(-c2ccc(Br)cc2)nc1-c1cccc(Cl)c1. The molecule has 4 nitrogen and oxygen atoms in total. The van der Waals surface area contributed by atoms with Crippen LogP contribution in [0, 0.1) is 5.92 Å². The first-order valence-electron chi connectivity index (χ1n) is 8.41. The van der Waals surface area contributed by atoms with Crippen molar-refractivity contribution in [2.45, 2.75) is 26.8 Å². The molecule has 0 amide bonds. The highest BCUT2D eigenvalue weighted by Gasteiger charge is 2.16. The number of carbonyl (C=O) groups excluding carboxylic acids is 1. The summed E-state index contributed by atoms with van der Waals surface area (Å²) in [7, 11) is 0. The zero-order chi connectivity index (χ0) is 18.7. The molecule has 0 saturated heterocycles. The van der Waals surface area contributed by atoms with Gasteiger partial charge in [-0.3, -0.25) is 4.79 Å². The molecular formula is C20H19BrClN3O. The van der Waals surface area contributed by atoms with Crippen LogP contribution in [0.5, 0.6) is 0 Å². The first kappa shape index (κ1) is 18.8. The van der Waals surface area contributed by atoms with Crippen LogP contribution >= 0.6 is 27.5 Å². The van der Waals surface area contributed by atoms with Gasteiger partial charge in [0.1, 0.15) is 6.54 Å². The second kappa shape index (κ2) is 8.14. The average molecular weight is 433 g/mol. The molecule has 0 spiro atoms. The topological polar surface area (TPSA) is 47.8 Å². The Bertz CT molecular complexity index is 919. The van der Waals surface area contributed by atoms with Gasteiger partial charge in [-0.1, -0.05) is 65.6 Å². The molecule has 0 unspecified atom stereocenters. The largest absolute Gasteiger partial charge is 0.298 e. The Labute approximate surface area is 166 Å². The fourth-order valence-electron chi connectivity index (χ4n) is 2.70. The van der Waals surface area contributed by atoms with Gasteiger partial charge in [0, 0.05) is 27.0 Å². The smallest absolute Gasteiger partial charge is 0.181 e. The molecule has 0 bridgehead atoms. The number of Topliss-reactive ketones (excluding diaryl/α,β-unsaturated/α-hetero) is 1. The molecule has 0 fully saturated rings. The number of halogens is 2. The van der Waals surface area contributed by atoms with Gasteiger partial charge in [0.05, 0.1) is 0 Å². The van der Waals surface area contributed by atoms with E-state index in [4.69, 9.17) is 11.6 Å². The Hall–Kier alpha value is -1.98. The molecule has 1 heterocycles. The van der Waals surface area contributed by atoms with E-state index in [0.717, 1.165) is 15.6 Å². The van der Waals surface area contributed by atoms with Crippen molar-refractivity contribution in [2.24, 2.45) is 5.92 Å². The van der Waals surface area contributed by atoms with Crippen LogP contribution in [-0.4, -0.2) is 20.5 Å². The molecule has 134 valence electrons. The summed E-state index contributed by atoms with van der Waals surface area (Å²) in [4.78, 5) is 17.0.